The number of likely N-dealkylation sites (N-methyl/N-ethyl adjacent to an activating group) is 1. The van der Waals surface area contributed by atoms with Crippen molar-refractivity contribution in [2.45, 2.75) is 13.5 Å². The van der Waals surface area contributed by atoms with Crippen LogP contribution in [0.4, 0.5) is 11.4 Å². The first kappa shape index (κ1) is 16.1. The van der Waals surface area contributed by atoms with Gasteiger partial charge < -0.3 is 20.5 Å². The molecule has 0 aromatic heterocycles. The number of phenolic OH excluding ortho intramolecular Hbond substituents is 1. The molecule has 0 unspecified atom stereocenters. The van der Waals surface area contributed by atoms with E-state index in [1.165, 1.54) is 0 Å². The maximum atomic E-state index is 10.1. The number of phenols is 1. The quantitative estimate of drug-likeness (QED) is 0.564. The normalized spacial score (nSPS) is 10.5. The third-order valence-corrected chi connectivity index (χ3v) is 3.47. The highest BCUT2D eigenvalue weighted by Crippen LogP contribution is 2.24. The number of aromatic hydroxyl groups is 1. The van der Waals surface area contributed by atoms with Crippen LogP contribution in [0, 0.1) is 0 Å². The maximum Gasteiger partial charge on any atom is 0.122 e. The molecule has 5 nitrogen and oxygen atoms in total. The number of aliphatic hydroxyl groups excluding tert-OH is 1. The number of rotatable bonds is 8. The van der Waals surface area contributed by atoms with Crippen LogP contribution in [0.25, 0.3) is 0 Å². The van der Waals surface area contributed by atoms with E-state index in [0.29, 0.717) is 13.1 Å². The van der Waals surface area contributed by atoms with Crippen LogP contribution in [-0.2, 0) is 6.54 Å². The van der Waals surface area contributed by atoms with Gasteiger partial charge in [0, 0.05) is 42.6 Å². The highest BCUT2D eigenvalue weighted by molar-refractivity contribution is 5.53. The maximum absolute atomic E-state index is 10.1. The Morgan fingerprint density at radius 1 is 1.09 bits per heavy atom. The number of nitrogens with zero attached hydrogens (tertiary/aromatic N) is 1. The van der Waals surface area contributed by atoms with E-state index in [-0.39, 0.29) is 12.4 Å². The number of para-hydroxylation sites is 1. The number of hydrazine groups is 1. The van der Waals surface area contributed by atoms with Crippen LogP contribution in [-0.4, -0.2) is 29.9 Å². The van der Waals surface area contributed by atoms with Gasteiger partial charge in [0.25, 0.3) is 0 Å². The van der Waals surface area contributed by atoms with Crippen molar-refractivity contribution in [3.63, 3.8) is 0 Å². The lowest BCUT2D eigenvalue weighted by atomic mass is 10.1. The molecular weight excluding hydrogens is 278 g/mol. The van der Waals surface area contributed by atoms with Gasteiger partial charge in [-0.05, 0) is 25.1 Å². The fourth-order valence-electron chi connectivity index (χ4n) is 2.25. The topological polar surface area (TPSA) is 67.8 Å². The molecule has 0 saturated heterocycles. The predicted octanol–water partition coefficient (Wildman–Crippen LogP) is 2.33. The lowest BCUT2D eigenvalue weighted by Gasteiger charge is -2.22. The molecule has 0 atom stereocenters. The minimum atomic E-state index is 0.0961. The van der Waals surface area contributed by atoms with Crippen molar-refractivity contribution in [3.05, 3.63) is 54.1 Å². The summed E-state index contributed by atoms with van der Waals surface area (Å²) >= 11 is 0. The third kappa shape index (κ3) is 4.38. The van der Waals surface area contributed by atoms with Gasteiger partial charge in [0.2, 0.25) is 0 Å². The molecule has 2 rings (SSSR count). The Balaban J connectivity index is 1.94. The zero-order chi connectivity index (χ0) is 15.8. The Hall–Kier alpha value is -2.24. The van der Waals surface area contributed by atoms with Gasteiger partial charge in [-0.25, -0.2) is 5.43 Å². The van der Waals surface area contributed by atoms with Crippen LogP contribution in [0.3, 0.4) is 0 Å². The zero-order valence-corrected chi connectivity index (χ0v) is 12.8. The molecule has 0 fully saturated rings. The molecule has 0 aliphatic heterocycles. The summed E-state index contributed by atoms with van der Waals surface area (Å²) in [6.07, 6.45) is 0. The van der Waals surface area contributed by atoms with E-state index in [0.717, 1.165) is 23.5 Å². The Bertz CT molecular complexity index is 575. The first-order valence-electron chi connectivity index (χ1n) is 7.46. The summed E-state index contributed by atoms with van der Waals surface area (Å²) in [4.78, 5) is 2.01. The van der Waals surface area contributed by atoms with Crippen LogP contribution in [0.1, 0.15) is 12.5 Å². The second kappa shape index (κ2) is 8.26. The van der Waals surface area contributed by atoms with Crippen molar-refractivity contribution in [3.8, 4) is 5.75 Å². The summed E-state index contributed by atoms with van der Waals surface area (Å²) < 4.78 is 0. The first-order chi connectivity index (χ1) is 10.7. The van der Waals surface area contributed by atoms with E-state index in [9.17, 15) is 5.11 Å². The Kier molecular flexibility index (Phi) is 6.06. The van der Waals surface area contributed by atoms with E-state index in [1.54, 1.807) is 6.07 Å². The summed E-state index contributed by atoms with van der Waals surface area (Å²) in [6.45, 7) is 3.97. The van der Waals surface area contributed by atoms with E-state index < -0.39 is 0 Å². The number of nitrogens with one attached hydrogen (secondary N) is 2. The number of benzene rings is 2. The first-order valence-corrected chi connectivity index (χ1v) is 7.46. The molecule has 5 heteroatoms. The number of hydrogen-bond acceptors (Lipinski definition) is 5. The number of anilines is 2. The fourth-order valence-corrected chi connectivity index (χ4v) is 2.25. The third-order valence-electron chi connectivity index (χ3n) is 3.47. The average Bonchev–Trinajstić information content (AvgIpc) is 2.55. The van der Waals surface area contributed by atoms with Gasteiger partial charge in [0.1, 0.15) is 5.75 Å². The van der Waals surface area contributed by atoms with E-state index in [4.69, 9.17) is 5.11 Å². The standard InChI is InChI=1S/C17H23N3O2/c1-2-20(10-11-21)16-9-8-14(17(22)12-16)13-18-19-15-6-4-3-5-7-15/h3-9,12,18-19,21-22H,2,10-11,13H2,1H3. The monoisotopic (exact) mass is 301 g/mol. The van der Waals surface area contributed by atoms with E-state index >= 15 is 0 Å². The lowest BCUT2D eigenvalue weighted by Crippen LogP contribution is -2.26. The highest BCUT2D eigenvalue weighted by Gasteiger charge is 2.07. The molecule has 0 radical (unpaired) electrons. The van der Waals surface area contributed by atoms with Crippen LogP contribution >= 0.6 is 0 Å². The van der Waals surface area contributed by atoms with Crippen LogP contribution < -0.4 is 15.8 Å². The fraction of sp³-hybridized carbons (Fsp3) is 0.294. The van der Waals surface area contributed by atoms with Crippen LogP contribution in [0.2, 0.25) is 0 Å². The molecule has 2 aromatic rings. The minimum absolute atomic E-state index is 0.0961. The largest absolute Gasteiger partial charge is 0.508 e. The Labute approximate surface area is 131 Å². The van der Waals surface area contributed by atoms with Crippen molar-refractivity contribution >= 4 is 11.4 Å². The van der Waals surface area contributed by atoms with Gasteiger partial charge in [0.15, 0.2) is 0 Å². The lowest BCUT2D eigenvalue weighted by molar-refractivity contribution is 0.302. The van der Waals surface area contributed by atoms with Crippen molar-refractivity contribution < 1.29 is 10.2 Å². The molecule has 2 aromatic carbocycles. The molecule has 0 heterocycles. The molecule has 0 spiro atoms. The average molecular weight is 301 g/mol. The van der Waals surface area contributed by atoms with Crippen LogP contribution in [0.5, 0.6) is 5.75 Å². The molecular formula is C17H23N3O2. The van der Waals surface area contributed by atoms with Gasteiger partial charge >= 0.3 is 0 Å². The number of hydrogen-bond donors (Lipinski definition) is 4. The molecule has 0 saturated carbocycles. The molecule has 0 aliphatic rings. The molecule has 118 valence electrons. The minimum Gasteiger partial charge on any atom is -0.508 e. The SMILES string of the molecule is CCN(CCO)c1ccc(CNNc2ccccc2)c(O)c1. The van der Waals surface area contributed by atoms with E-state index in [2.05, 4.69) is 10.9 Å². The van der Waals surface area contributed by atoms with Gasteiger partial charge in [-0.1, -0.05) is 24.3 Å². The van der Waals surface area contributed by atoms with E-state index in [1.807, 2.05) is 54.3 Å². The van der Waals surface area contributed by atoms with Crippen LogP contribution in [0.15, 0.2) is 48.5 Å². The summed E-state index contributed by atoms with van der Waals surface area (Å²) in [6, 6.07) is 15.4. The summed E-state index contributed by atoms with van der Waals surface area (Å²) in [5.74, 6) is 0.247. The second-order valence-corrected chi connectivity index (χ2v) is 4.96. The summed E-state index contributed by atoms with van der Waals surface area (Å²) in [5.41, 5.74) is 8.86. The summed E-state index contributed by atoms with van der Waals surface area (Å²) in [5, 5.41) is 19.2. The van der Waals surface area contributed by atoms with Gasteiger partial charge in [-0.3, -0.25) is 0 Å². The zero-order valence-electron chi connectivity index (χ0n) is 12.8. The molecule has 0 aliphatic carbocycles. The van der Waals surface area contributed by atoms with Gasteiger partial charge in [-0.15, -0.1) is 0 Å². The molecule has 0 bridgehead atoms. The Morgan fingerprint density at radius 2 is 1.86 bits per heavy atom. The molecule has 22 heavy (non-hydrogen) atoms. The smallest absolute Gasteiger partial charge is 0.122 e. The van der Waals surface area contributed by atoms with Gasteiger partial charge in [0.05, 0.1) is 6.61 Å². The van der Waals surface area contributed by atoms with Crippen molar-refractivity contribution in [1.82, 2.24) is 5.43 Å². The predicted molar refractivity (Wildman–Crippen MR) is 90.0 cm³/mol. The van der Waals surface area contributed by atoms with Crippen molar-refractivity contribution in [2.24, 2.45) is 0 Å². The van der Waals surface area contributed by atoms with Crippen molar-refractivity contribution in [2.75, 3.05) is 30.0 Å². The molecule has 0 amide bonds. The van der Waals surface area contributed by atoms with Gasteiger partial charge in [-0.2, -0.15) is 0 Å². The Morgan fingerprint density at radius 3 is 2.50 bits per heavy atom. The second-order valence-electron chi connectivity index (χ2n) is 4.96. The van der Waals surface area contributed by atoms with Crippen molar-refractivity contribution in [1.29, 1.82) is 0 Å². The number of aliphatic hydroxyl groups is 1. The highest BCUT2D eigenvalue weighted by atomic mass is 16.3. The summed E-state index contributed by atoms with van der Waals surface area (Å²) in [7, 11) is 0. The molecule has 4 N–H and O–H groups in total.